The Hall–Kier alpha value is -2.51. The van der Waals surface area contributed by atoms with Gasteiger partial charge in [-0.2, -0.15) is 0 Å². The summed E-state index contributed by atoms with van der Waals surface area (Å²) in [6, 6.07) is 2.94. The second kappa shape index (κ2) is 8.70. The number of piperidine rings is 1. The average molecular weight is 419 g/mol. The lowest BCUT2D eigenvalue weighted by Crippen LogP contribution is -2.54. The van der Waals surface area contributed by atoms with Crippen molar-refractivity contribution in [3.8, 4) is 0 Å². The van der Waals surface area contributed by atoms with Crippen LogP contribution in [0, 0.1) is 23.5 Å². The van der Waals surface area contributed by atoms with Gasteiger partial charge in [-0.05, 0) is 37.8 Å². The summed E-state index contributed by atoms with van der Waals surface area (Å²) in [5.74, 6) is -1.74. The van der Waals surface area contributed by atoms with Crippen molar-refractivity contribution in [3.05, 3.63) is 35.4 Å². The quantitative estimate of drug-likeness (QED) is 0.755. The first kappa shape index (κ1) is 20.8. The second-order valence-corrected chi connectivity index (χ2v) is 8.47. The Labute approximate surface area is 174 Å². The maximum Gasteiger partial charge on any atom is 0.256 e. The molecule has 0 bridgehead atoms. The number of carbonyl (C=O) groups is 3. The van der Waals surface area contributed by atoms with Crippen LogP contribution in [0.3, 0.4) is 0 Å². The van der Waals surface area contributed by atoms with E-state index >= 15 is 0 Å². The molecule has 30 heavy (non-hydrogen) atoms. The minimum absolute atomic E-state index is 0.0748. The SMILES string of the molecule is O=C(c1ccc(F)cc1F)N1CCC(C(=O)N2CCN(C(=O)C3CCC3)CC2)CC1. The largest absolute Gasteiger partial charge is 0.339 e. The van der Waals surface area contributed by atoms with Gasteiger partial charge in [0.05, 0.1) is 5.56 Å². The fourth-order valence-electron chi connectivity index (χ4n) is 4.48. The molecule has 162 valence electrons. The maximum absolute atomic E-state index is 13.9. The Bertz CT molecular complexity index is 827. The van der Waals surface area contributed by atoms with E-state index < -0.39 is 17.5 Å². The van der Waals surface area contributed by atoms with Crippen molar-refractivity contribution in [2.75, 3.05) is 39.3 Å². The number of likely N-dealkylation sites (tertiary alicyclic amines) is 1. The van der Waals surface area contributed by atoms with E-state index in [0.29, 0.717) is 58.2 Å². The molecule has 0 N–H and O–H groups in total. The van der Waals surface area contributed by atoms with Crippen LogP contribution in [0.25, 0.3) is 0 Å². The van der Waals surface area contributed by atoms with Crippen LogP contribution >= 0.6 is 0 Å². The van der Waals surface area contributed by atoms with Crippen molar-refractivity contribution in [2.24, 2.45) is 11.8 Å². The molecule has 0 atom stereocenters. The van der Waals surface area contributed by atoms with Gasteiger partial charge in [-0.1, -0.05) is 6.42 Å². The third-order valence-corrected chi connectivity index (χ3v) is 6.65. The first-order chi connectivity index (χ1) is 14.4. The van der Waals surface area contributed by atoms with E-state index in [4.69, 9.17) is 0 Å². The number of hydrogen-bond donors (Lipinski definition) is 0. The number of halogens is 2. The molecule has 1 aliphatic carbocycles. The third kappa shape index (κ3) is 4.18. The van der Waals surface area contributed by atoms with Crippen LogP contribution in [0.1, 0.15) is 42.5 Å². The fraction of sp³-hybridized carbons (Fsp3) is 0.591. The number of hydrogen-bond acceptors (Lipinski definition) is 3. The van der Waals surface area contributed by atoms with Crippen molar-refractivity contribution >= 4 is 17.7 Å². The molecular formula is C22H27F2N3O3. The number of benzene rings is 1. The van der Waals surface area contributed by atoms with E-state index in [2.05, 4.69) is 0 Å². The first-order valence-electron chi connectivity index (χ1n) is 10.8. The van der Waals surface area contributed by atoms with Crippen LogP contribution in [0.5, 0.6) is 0 Å². The number of amides is 3. The average Bonchev–Trinajstić information content (AvgIpc) is 2.72. The molecule has 2 heterocycles. The molecule has 6 nitrogen and oxygen atoms in total. The Kier molecular flexibility index (Phi) is 6.01. The number of piperazine rings is 1. The maximum atomic E-state index is 13.9. The number of carbonyl (C=O) groups excluding carboxylic acids is 3. The summed E-state index contributed by atoms with van der Waals surface area (Å²) >= 11 is 0. The smallest absolute Gasteiger partial charge is 0.256 e. The van der Waals surface area contributed by atoms with E-state index in [0.717, 1.165) is 31.4 Å². The van der Waals surface area contributed by atoms with Gasteiger partial charge < -0.3 is 14.7 Å². The molecule has 0 spiro atoms. The molecule has 8 heteroatoms. The zero-order valence-electron chi connectivity index (χ0n) is 17.0. The molecular weight excluding hydrogens is 392 g/mol. The Balaban J connectivity index is 1.26. The Morgan fingerprint density at radius 3 is 1.73 bits per heavy atom. The number of rotatable bonds is 3. The van der Waals surface area contributed by atoms with Gasteiger partial charge in [0.1, 0.15) is 11.6 Å². The molecule has 2 aliphatic heterocycles. The summed E-state index contributed by atoms with van der Waals surface area (Å²) in [5, 5.41) is 0. The molecule has 1 aromatic carbocycles. The van der Waals surface area contributed by atoms with Gasteiger partial charge in [0, 0.05) is 57.2 Å². The summed E-state index contributed by atoms with van der Waals surface area (Å²) in [5.41, 5.74) is -0.145. The molecule has 0 radical (unpaired) electrons. The predicted molar refractivity (Wildman–Crippen MR) is 105 cm³/mol. The fourth-order valence-corrected chi connectivity index (χ4v) is 4.48. The van der Waals surface area contributed by atoms with E-state index in [-0.39, 0.29) is 29.2 Å². The van der Waals surface area contributed by atoms with Gasteiger partial charge in [0.2, 0.25) is 11.8 Å². The molecule has 1 saturated carbocycles. The van der Waals surface area contributed by atoms with E-state index in [1.54, 1.807) is 0 Å². The van der Waals surface area contributed by atoms with Gasteiger partial charge in [0.15, 0.2) is 0 Å². The van der Waals surface area contributed by atoms with Crippen LogP contribution in [0.15, 0.2) is 18.2 Å². The van der Waals surface area contributed by atoms with Gasteiger partial charge in [-0.3, -0.25) is 14.4 Å². The van der Waals surface area contributed by atoms with Crippen LogP contribution in [-0.2, 0) is 9.59 Å². The van der Waals surface area contributed by atoms with Crippen molar-refractivity contribution in [1.82, 2.24) is 14.7 Å². The first-order valence-corrected chi connectivity index (χ1v) is 10.8. The summed E-state index contributed by atoms with van der Waals surface area (Å²) in [4.78, 5) is 43.0. The van der Waals surface area contributed by atoms with E-state index in [1.807, 2.05) is 9.80 Å². The summed E-state index contributed by atoms with van der Waals surface area (Å²) in [6.07, 6.45) is 4.14. The number of nitrogens with zero attached hydrogens (tertiary/aromatic N) is 3. The van der Waals surface area contributed by atoms with E-state index in [9.17, 15) is 23.2 Å². The molecule has 4 rings (SSSR count). The van der Waals surface area contributed by atoms with Gasteiger partial charge in [-0.25, -0.2) is 8.78 Å². The zero-order chi connectivity index (χ0) is 21.3. The summed E-state index contributed by atoms with van der Waals surface area (Å²) in [7, 11) is 0. The molecule has 3 fully saturated rings. The topological polar surface area (TPSA) is 60.9 Å². The monoisotopic (exact) mass is 419 g/mol. The normalized spacial score (nSPS) is 20.8. The summed E-state index contributed by atoms with van der Waals surface area (Å²) in [6.45, 7) is 3.01. The lowest BCUT2D eigenvalue weighted by Gasteiger charge is -2.40. The zero-order valence-corrected chi connectivity index (χ0v) is 17.0. The van der Waals surface area contributed by atoms with Crippen LogP contribution in [0.4, 0.5) is 8.78 Å². The minimum atomic E-state index is -0.868. The van der Waals surface area contributed by atoms with Gasteiger partial charge in [0.25, 0.3) is 5.91 Å². The highest BCUT2D eigenvalue weighted by molar-refractivity contribution is 5.94. The molecule has 0 aromatic heterocycles. The van der Waals surface area contributed by atoms with Crippen molar-refractivity contribution < 1.29 is 23.2 Å². The van der Waals surface area contributed by atoms with E-state index in [1.165, 1.54) is 4.90 Å². The summed E-state index contributed by atoms with van der Waals surface area (Å²) < 4.78 is 27.0. The van der Waals surface area contributed by atoms with Crippen molar-refractivity contribution in [1.29, 1.82) is 0 Å². The standard InChI is InChI=1S/C22H27F2N3O3/c23-17-4-5-18(19(24)14-17)22(30)25-8-6-16(7-9-25)21(29)27-12-10-26(11-13-27)20(28)15-2-1-3-15/h4-5,14-16H,1-3,6-13H2. The van der Waals surface area contributed by atoms with Crippen molar-refractivity contribution in [2.45, 2.75) is 32.1 Å². The highest BCUT2D eigenvalue weighted by atomic mass is 19.1. The van der Waals surface area contributed by atoms with Crippen molar-refractivity contribution in [3.63, 3.8) is 0 Å². The Morgan fingerprint density at radius 1 is 0.733 bits per heavy atom. The molecule has 1 aromatic rings. The highest BCUT2D eigenvalue weighted by Gasteiger charge is 2.35. The molecule has 2 saturated heterocycles. The van der Waals surface area contributed by atoms with Crippen LogP contribution < -0.4 is 0 Å². The third-order valence-electron chi connectivity index (χ3n) is 6.65. The molecule has 0 unspecified atom stereocenters. The Morgan fingerprint density at radius 2 is 1.27 bits per heavy atom. The minimum Gasteiger partial charge on any atom is -0.339 e. The van der Waals surface area contributed by atoms with Crippen LogP contribution in [-0.4, -0.2) is 71.7 Å². The predicted octanol–water partition coefficient (Wildman–Crippen LogP) is 2.29. The highest BCUT2D eigenvalue weighted by Crippen LogP contribution is 2.29. The molecule has 3 aliphatic rings. The lowest BCUT2D eigenvalue weighted by atomic mass is 9.84. The lowest BCUT2D eigenvalue weighted by molar-refractivity contribution is -0.146. The molecule has 3 amide bonds. The van der Waals surface area contributed by atoms with Gasteiger partial charge in [-0.15, -0.1) is 0 Å². The second-order valence-electron chi connectivity index (χ2n) is 8.47. The van der Waals surface area contributed by atoms with Gasteiger partial charge >= 0.3 is 0 Å². The van der Waals surface area contributed by atoms with Crippen LogP contribution in [0.2, 0.25) is 0 Å².